The van der Waals surface area contributed by atoms with Gasteiger partial charge in [0.2, 0.25) is 0 Å². The van der Waals surface area contributed by atoms with Crippen LogP contribution >= 0.6 is 35.7 Å². The summed E-state index contributed by atoms with van der Waals surface area (Å²) in [5.41, 5.74) is 11.8. The molecule has 0 saturated carbocycles. The molecule has 0 amide bonds. The number of rotatable bonds is 13. The number of anilines is 1. The number of imidazole rings is 1. The van der Waals surface area contributed by atoms with Crippen LogP contribution in [0.3, 0.4) is 0 Å². The highest BCUT2D eigenvalue weighted by Crippen LogP contribution is 2.58. The monoisotopic (exact) mass is 758 g/mol. The smallest absolute Gasteiger partial charge is 0.478 e. The minimum absolute atomic E-state index is 0.0175. The second-order valence-electron chi connectivity index (χ2n) is 10.2. The van der Waals surface area contributed by atoms with E-state index < -0.39 is 85.8 Å². The van der Waals surface area contributed by atoms with Crippen LogP contribution < -0.4 is 25.8 Å². The molecule has 2 fully saturated rings. The molecule has 0 spiro atoms. The largest absolute Gasteiger partial charge is 0.756 e. The van der Waals surface area contributed by atoms with E-state index in [4.69, 9.17) is 33.2 Å². The van der Waals surface area contributed by atoms with Crippen LogP contribution in [0.4, 0.5) is 5.82 Å². The molecule has 2 saturated heterocycles. The molecule has 11 atom stereocenters. The highest BCUT2D eigenvalue weighted by Gasteiger charge is 2.50. The second kappa shape index (κ2) is 14.1. The Morgan fingerprint density at radius 3 is 2.42 bits per heavy atom. The van der Waals surface area contributed by atoms with Crippen molar-refractivity contribution < 1.29 is 80.5 Å². The fourth-order valence-corrected chi connectivity index (χ4v) is 7.53. The van der Waals surface area contributed by atoms with Crippen LogP contribution in [0.5, 0.6) is 0 Å². The van der Waals surface area contributed by atoms with E-state index in [-0.39, 0.29) is 22.0 Å². The maximum atomic E-state index is 12.5. The van der Waals surface area contributed by atoms with Gasteiger partial charge in [0.15, 0.2) is 36.2 Å². The van der Waals surface area contributed by atoms with Crippen LogP contribution in [0.25, 0.3) is 11.2 Å². The van der Waals surface area contributed by atoms with Crippen molar-refractivity contribution in [1.29, 1.82) is 0 Å². The van der Waals surface area contributed by atoms with Gasteiger partial charge in [-0.05, 0) is 6.07 Å². The van der Waals surface area contributed by atoms with Gasteiger partial charge in [-0.3, -0.25) is 18.2 Å². The summed E-state index contributed by atoms with van der Waals surface area (Å²) in [5.74, 6) is -0.0692. The van der Waals surface area contributed by atoms with Crippen molar-refractivity contribution in [2.24, 2.45) is 5.73 Å². The van der Waals surface area contributed by atoms with Gasteiger partial charge in [-0.15, -0.1) is 0 Å². The van der Waals surface area contributed by atoms with Gasteiger partial charge in [0.05, 0.1) is 25.1 Å². The molecule has 2 aliphatic rings. The van der Waals surface area contributed by atoms with Crippen LogP contribution in [0, 0.1) is 0 Å². The third-order valence-corrected chi connectivity index (χ3v) is 10.3. The zero-order valence-corrected chi connectivity index (χ0v) is 27.4. The normalized spacial score (nSPS) is 31.3. The Morgan fingerprint density at radius 2 is 1.73 bits per heavy atom. The van der Waals surface area contributed by atoms with Gasteiger partial charge in [-0.25, -0.2) is 23.8 Å². The number of phosphoric acid groups is 3. The predicted octanol–water partition coefficient (Wildman–Crippen LogP) is -3.63. The molecule has 2 aliphatic heterocycles. The topological polar surface area (TPSA) is 353 Å². The Hall–Kier alpha value is -2.44. The second-order valence-corrected chi connectivity index (χ2v) is 14.8. The molecular formula is C21H27N7O16P3S-. The Kier molecular flexibility index (Phi) is 10.8. The number of ether oxygens (including phenoxy) is 2. The minimum Gasteiger partial charge on any atom is -0.756 e. The van der Waals surface area contributed by atoms with Crippen molar-refractivity contribution >= 4 is 57.7 Å². The number of nitrogen functional groups attached to an aromatic ring is 1. The summed E-state index contributed by atoms with van der Waals surface area (Å²) in [6.45, 7) is -2.09. The number of hydrogen-bond donors (Lipinski definition) is 7. The fraction of sp³-hybridized carbons (Fsp3) is 0.476. The minimum atomic E-state index is -5.70. The lowest BCUT2D eigenvalue weighted by atomic mass is 10.1. The van der Waals surface area contributed by atoms with Crippen LogP contribution in [0.15, 0.2) is 37.2 Å². The van der Waals surface area contributed by atoms with Crippen molar-refractivity contribution in [3.05, 3.63) is 42.7 Å². The van der Waals surface area contributed by atoms with Gasteiger partial charge >= 0.3 is 7.82 Å². The van der Waals surface area contributed by atoms with E-state index in [0.29, 0.717) is 5.56 Å². The summed E-state index contributed by atoms with van der Waals surface area (Å²) in [5, 5.41) is 31.5. The molecule has 5 rings (SSSR count). The number of nitrogens with zero attached hydrogens (tertiary/aromatic N) is 5. The summed E-state index contributed by atoms with van der Waals surface area (Å²) in [4.78, 5) is 55.0. The number of nitrogens with two attached hydrogens (primary N) is 2. The van der Waals surface area contributed by atoms with Gasteiger partial charge in [0, 0.05) is 6.07 Å². The number of aromatic nitrogens is 5. The number of fused-ring (bicyclic) bond motifs is 1. The molecule has 9 N–H and O–H groups in total. The standard InChI is InChI=1S/C21H28N7O16P3S/c22-17-12-19(25-7-24-17)28(8-26-12)21-16(43-45(32,33)34)14(30)11(42-21)6-40-47(37,38)44-46(35,36)39-5-10-13(29)15(31)20(41-10)27-3-1-2-9(4-27)18(23)48/h1-4,7-8,10-11,13-16,20-21,29-31H,5-6H2,(H7-,22,23,24,25,32,33,34,35,36,37,38,48)/p-1/t10-,11+,13?,14+,15?,16+,20+,21+/m0/s1. The molecule has 0 aliphatic carbocycles. The van der Waals surface area contributed by atoms with E-state index >= 15 is 0 Å². The fourth-order valence-electron chi connectivity index (χ4n) is 4.82. The first-order valence-electron chi connectivity index (χ1n) is 13.3. The van der Waals surface area contributed by atoms with Gasteiger partial charge in [0.1, 0.15) is 47.4 Å². The molecule has 48 heavy (non-hydrogen) atoms. The first-order chi connectivity index (χ1) is 22.4. The Bertz CT molecular complexity index is 1820. The Labute approximate surface area is 274 Å². The maximum Gasteiger partial charge on any atom is 0.478 e. The van der Waals surface area contributed by atoms with Crippen LogP contribution in [0.2, 0.25) is 0 Å². The van der Waals surface area contributed by atoms with Gasteiger partial charge in [-0.2, -0.15) is 4.57 Å². The molecule has 264 valence electrons. The maximum absolute atomic E-state index is 12.5. The van der Waals surface area contributed by atoms with E-state index in [1.54, 1.807) is 6.07 Å². The summed E-state index contributed by atoms with van der Waals surface area (Å²) in [6, 6.07) is 3.11. The lowest BCUT2D eigenvalue weighted by Gasteiger charge is -2.27. The molecule has 0 aromatic carbocycles. The lowest BCUT2D eigenvalue weighted by Crippen LogP contribution is -2.46. The number of aliphatic hydroxyl groups excluding tert-OH is 3. The molecular weight excluding hydrogens is 731 g/mol. The molecule has 23 nitrogen and oxygen atoms in total. The number of phosphoric ester groups is 3. The van der Waals surface area contributed by atoms with Gasteiger partial charge in [-0.1, -0.05) is 12.2 Å². The average Bonchev–Trinajstić information content (AvgIpc) is 3.64. The lowest BCUT2D eigenvalue weighted by molar-refractivity contribution is -0.765. The molecule has 3 aromatic rings. The average molecular weight is 758 g/mol. The molecule has 27 heteroatoms. The number of aliphatic hydroxyl groups is 3. The SMILES string of the molecule is NC(=S)c1ccc[n+]([C@@H]2O[C@@H](COP(=O)([O-])OP(=O)(O)OC[C@H]3O[C@@H](n4cnc5c(N)ncnc54)[C@H](OP(=O)([O-])O)[C@@H]3O)C(O)C2O)c1. The van der Waals surface area contributed by atoms with E-state index in [9.17, 15) is 48.6 Å². The van der Waals surface area contributed by atoms with Gasteiger partial charge < -0.3 is 64.9 Å². The quantitative estimate of drug-likeness (QED) is 0.0502. The summed E-state index contributed by atoms with van der Waals surface area (Å²) in [6.07, 6.45) is -8.19. The van der Waals surface area contributed by atoms with Crippen molar-refractivity contribution in [2.75, 3.05) is 18.9 Å². The number of hydrogen-bond acceptors (Lipinski definition) is 19. The van der Waals surface area contributed by atoms with Crippen molar-refractivity contribution in [2.45, 2.75) is 49.1 Å². The van der Waals surface area contributed by atoms with Crippen molar-refractivity contribution in [3.8, 4) is 0 Å². The van der Waals surface area contributed by atoms with Crippen molar-refractivity contribution in [1.82, 2.24) is 19.5 Å². The third kappa shape index (κ3) is 8.29. The zero-order chi connectivity index (χ0) is 35.2. The van der Waals surface area contributed by atoms with Gasteiger partial charge in [0.25, 0.3) is 21.9 Å². The summed E-state index contributed by atoms with van der Waals surface area (Å²) >= 11 is 4.91. The van der Waals surface area contributed by atoms with E-state index in [2.05, 4.69) is 32.8 Å². The molecule has 5 heterocycles. The summed E-state index contributed by atoms with van der Waals surface area (Å²) < 4.78 is 67.9. The van der Waals surface area contributed by atoms with E-state index in [1.807, 2.05) is 0 Å². The molecule has 5 unspecified atom stereocenters. The van der Waals surface area contributed by atoms with Crippen LogP contribution in [0.1, 0.15) is 18.0 Å². The highest BCUT2D eigenvalue weighted by atomic mass is 32.1. The zero-order valence-electron chi connectivity index (χ0n) is 23.9. The molecule has 3 aromatic heterocycles. The van der Waals surface area contributed by atoms with Crippen LogP contribution in [-0.2, 0) is 41.1 Å². The number of pyridine rings is 1. The predicted molar refractivity (Wildman–Crippen MR) is 153 cm³/mol. The van der Waals surface area contributed by atoms with Crippen LogP contribution in [-0.4, -0.2) is 99.5 Å². The first-order valence-corrected chi connectivity index (χ1v) is 18.2. The summed E-state index contributed by atoms with van der Waals surface area (Å²) in [7, 11) is -16.8. The Morgan fingerprint density at radius 1 is 1.04 bits per heavy atom. The number of thiocarbonyl (C=S) groups is 1. The van der Waals surface area contributed by atoms with Crippen molar-refractivity contribution in [3.63, 3.8) is 0 Å². The molecule has 0 bridgehead atoms. The third-order valence-electron chi connectivity index (χ3n) is 6.97. The first kappa shape index (κ1) is 36.8. The highest BCUT2D eigenvalue weighted by molar-refractivity contribution is 7.80. The molecule has 0 radical (unpaired) electrons. The van der Waals surface area contributed by atoms with E-state index in [1.165, 1.54) is 23.0 Å². The van der Waals surface area contributed by atoms with E-state index in [0.717, 1.165) is 17.2 Å². The Balaban J connectivity index is 1.21.